The van der Waals surface area contributed by atoms with Gasteiger partial charge >= 0.3 is 35.8 Å². The largest absolute Gasteiger partial charge is 0.488 e. The van der Waals surface area contributed by atoms with Gasteiger partial charge in [0.25, 0.3) is 12.3 Å². The number of carboxylic acid groups (broad SMARTS) is 4. The number of carboxylic acids is 4. The van der Waals surface area contributed by atoms with Gasteiger partial charge < -0.3 is 44.6 Å². The average molecular weight is 645 g/mol. The summed E-state index contributed by atoms with van der Waals surface area (Å²) in [5, 5.41) is 32.6. The minimum absolute atomic E-state index is 0.212. The highest BCUT2D eigenvalue weighted by atomic mass is 32.2. The van der Waals surface area contributed by atoms with Gasteiger partial charge in [-0.15, -0.1) is 0 Å². The number of hydrogen-bond acceptors (Lipinski definition) is 14. The normalized spacial score (nSPS) is 13.5. The van der Waals surface area contributed by atoms with E-state index in [0.29, 0.717) is 61.6 Å². The maximum Gasteiger partial charge on any atom is 0.414 e. The lowest BCUT2D eigenvalue weighted by atomic mass is 9.89. The van der Waals surface area contributed by atoms with Crippen molar-refractivity contribution in [2.75, 3.05) is 18.4 Å². The fraction of sp³-hybridized carbons (Fsp3) is 0.360. The summed E-state index contributed by atoms with van der Waals surface area (Å²) in [7, 11) is 0. The van der Waals surface area contributed by atoms with Crippen LogP contribution in [0.1, 0.15) is 43.2 Å². The van der Waals surface area contributed by atoms with Gasteiger partial charge in [0.15, 0.2) is 0 Å². The Bertz CT molecular complexity index is 1270. The zero-order valence-corrected chi connectivity index (χ0v) is 23.8. The van der Waals surface area contributed by atoms with Crippen LogP contribution in [0.15, 0.2) is 30.6 Å². The molecule has 0 bridgehead atoms. The van der Waals surface area contributed by atoms with Crippen LogP contribution in [0.25, 0.3) is 0 Å². The molecule has 0 spiro atoms. The molecule has 1 aliphatic heterocycles. The Kier molecular flexibility index (Phi) is 16.1. The molecule has 19 heteroatoms. The number of aromatic nitrogens is 2. The smallest absolute Gasteiger partial charge is 0.414 e. The van der Waals surface area contributed by atoms with Gasteiger partial charge in [0.05, 0.1) is 5.92 Å². The number of nitrogens with one attached hydrogen (secondary N) is 1. The van der Waals surface area contributed by atoms with Gasteiger partial charge in [-0.3, -0.25) is 9.59 Å². The molecule has 17 nitrogen and oxygen atoms in total. The number of carbonyl (C=O) groups excluding carboxylic acids is 2. The van der Waals surface area contributed by atoms with Crippen molar-refractivity contribution >= 4 is 54.1 Å². The Hall–Kier alpha value is -5.04. The number of ether oxygens (including phenoxy) is 1. The molecule has 0 aliphatic carbocycles. The zero-order chi connectivity index (χ0) is 33.2. The summed E-state index contributed by atoms with van der Waals surface area (Å²) in [6.45, 7) is 1.99. The molecule has 2 unspecified atom stereocenters. The lowest BCUT2D eigenvalue weighted by Gasteiger charge is -2.29. The van der Waals surface area contributed by atoms with Crippen LogP contribution in [0.2, 0.25) is 0 Å². The van der Waals surface area contributed by atoms with E-state index in [4.69, 9.17) is 54.3 Å². The first-order chi connectivity index (χ1) is 20.8. The topological polar surface area (TPSA) is 275 Å². The maximum absolute atomic E-state index is 14.4. The van der Waals surface area contributed by atoms with E-state index in [1.165, 1.54) is 19.1 Å². The number of aliphatic carboxylic acids is 4. The van der Waals surface area contributed by atoms with Crippen LogP contribution in [0, 0.1) is 5.82 Å². The molecular formula is C25H29FN4O13S. The molecular weight excluding hydrogens is 615 g/mol. The molecule has 3 rings (SSSR count). The first-order valence-electron chi connectivity index (χ1n) is 12.4. The highest BCUT2D eigenvalue weighted by Crippen LogP contribution is 2.39. The number of benzene rings is 1. The van der Waals surface area contributed by atoms with Crippen molar-refractivity contribution in [3.63, 3.8) is 0 Å². The van der Waals surface area contributed by atoms with Gasteiger partial charge in [0.1, 0.15) is 17.7 Å². The fourth-order valence-electron chi connectivity index (χ4n) is 3.42. The molecule has 0 amide bonds. The Balaban J connectivity index is 0.000000681. The highest BCUT2D eigenvalue weighted by Gasteiger charge is 2.31. The molecule has 0 radical (unpaired) electrons. The summed E-state index contributed by atoms with van der Waals surface area (Å²) >= 11 is 0.286. The van der Waals surface area contributed by atoms with E-state index in [1.807, 2.05) is 0 Å². The number of rotatable bonds is 10. The second-order valence-electron chi connectivity index (χ2n) is 8.46. The molecule has 2 atom stereocenters. The third-order valence-corrected chi connectivity index (χ3v) is 5.79. The van der Waals surface area contributed by atoms with Gasteiger partial charge in [-0.1, -0.05) is 0 Å². The van der Waals surface area contributed by atoms with Crippen molar-refractivity contribution < 1.29 is 66.7 Å². The van der Waals surface area contributed by atoms with Crippen LogP contribution in [-0.2, 0) is 43.6 Å². The molecule has 0 saturated heterocycles. The monoisotopic (exact) mass is 644 g/mol. The molecule has 44 heavy (non-hydrogen) atoms. The van der Waals surface area contributed by atoms with Crippen molar-refractivity contribution in [1.82, 2.24) is 9.97 Å². The molecule has 0 saturated carbocycles. The van der Waals surface area contributed by atoms with E-state index in [0.717, 1.165) is 0 Å². The number of hydrogen-bond donors (Lipinski definition) is 6. The number of fused-ring (bicyclic) bond motifs is 1. The van der Waals surface area contributed by atoms with Crippen molar-refractivity contribution in [2.24, 2.45) is 5.73 Å². The van der Waals surface area contributed by atoms with Gasteiger partial charge in [0, 0.05) is 38.0 Å². The fourth-order valence-corrected chi connectivity index (χ4v) is 3.74. The third kappa shape index (κ3) is 13.7. The Morgan fingerprint density at radius 2 is 1.64 bits per heavy atom. The molecule has 2 heterocycles. The van der Waals surface area contributed by atoms with Crippen molar-refractivity contribution in [3.05, 3.63) is 47.5 Å². The first kappa shape index (κ1) is 37.0. The predicted molar refractivity (Wildman–Crippen MR) is 147 cm³/mol. The summed E-state index contributed by atoms with van der Waals surface area (Å²) < 4.78 is 30.1. The minimum Gasteiger partial charge on any atom is -0.488 e. The quantitative estimate of drug-likeness (QED) is 0.120. The van der Waals surface area contributed by atoms with Crippen LogP contribution < -0.4 is 15.8 Å². The summed E-state index contributed by atoms with van der Waals surface area (Å²) in [5.41, 5.74) is 6.84. The van der Waals surface area contributed by atoms with Crippen molar-refractivity contribution in [3.8, 4) is 5.75 Å². The summed E-state index contributed by atoms with van der Waals surface area (Å²) in [5.74, 6) is -8.94. The average Bonchev–Trinajstić information content (AvgIpc) is 2.97. The minimum atomic E-state index is -1.82. The van der Waals surface area contributed by atoms with E-state index in [9.17, 15) is 14.0 Å². The van der Waals surface area contributed by atoms with Crippen molar-refractivity contribution in [1.29, 1.82) is 0 Å². The van der Waals surface area contributed by atoms with E-state index in [2.05, 4.69) is 19.5 Å². The number of halogens is 1. The van der Waals surface area contributed by atoms with Crippen LogP contribution >= 0.6 is 12.3 Å². The van der Waals surface area contributed by atoms with E-state index >= 15 is 0 Å². The van der Waals surface area contributed by atoms with Crippen LogP contribution in [0.3, 0.4) is 0 Å². The molecule has 0 fully saturated rings. The number of nitrogens with zero attached hydrogens (tertiary/aromatic N) is 2. The molecule has 7 N–H and O–H groups in total. The van der Waals surface area contributed by atoms with E-state index in [-0.39, 0.29) is 18.4 Å². The third-order valence-electron chi connectivity index (χ3n) is 5.25. The van der Waals surface area contributed by atoms with Gasteiger partial charge in [0.2, 0.25) is 5.95 Å². The molecule has 240 valence electrons. The van der Waals surface area contributed by atoms with Gasteiger partial charge in [-0.2, -0.15) is 0 Å². The molecule has 1 aromatic heterocycles. The second kappa shape index (κ2) is 19.2. The van der Waals surface area contributed by atoms with Gasteiger partial charge in [-0.05, 0) is 49.4 Å². The standard InChI is InChI=1S/C21H25FN4O5S.2C2H2O4/c1-13(27)30-32-31-20(28)17(4-2-7-24-21-25-8-3-9-26-21)18-11-15(22)10-14-5-6-16(12-23)29-19(14)18;2*3-1(4)2(5)6/h3,8-11,16-17H,2,4-7,12,23H2,1H3,(H,24,25,26);2*(H,3,4)(H,5,6). The van der Waals surface area contributed by atoms with Crippen molar-refractivity contribution in [2.45, 2.75) is 44.6 Å². The number of carbonyl (C=O) groups is 6. The highest BCUT2D eigenvalue weighted by molar-refractivity contribution is 7.90. The maximum atomic E-state index is 14.4. The zero-order valence-electron chi connectivity index (χ0n) is 23.0. The SMILES string of the molecule is CC(=O)OSOC(=O)C(CCCNc1ncccn1)c1cc(F)cc2c1OC(CN)CC2.O=C(O)C(=O)O.O=C(O)C(=O)O. The Morgan fingerprint density at radius 3 is 2.16 bits per heavy atom. The predicted octanol–water partition coefficient (Wildman–Crippen LogP) is 1.22. The second-order valence-corrected chi connectivity index (χ2v) is 8.93. The summed E-state index contributed by atoms with van der Waals surface area (Å²) in [6, 6.07) is 4.41. The van der Waals surface area contributed by atoms with E-state index < -0.39 is 47.6 Å². The molecule has 1 aliphatic rings. The lowest BCUT2D eigenvalue weighted by Crippen LogP contribution is -2.31. The van der Waals surface area contributed by atoms with Crippen LogP contribution in [0.4, 0.5) is 10.3 Å². The number of anilines is 1. The van der Waals surface area contributed by atoms with E-state index in [1.54, 1.807) is 18.5 Å². The summed E-state index contributed by atoms with van der Waals surface area (Å²) in [6.07, 6.45) is 5.14. The Labute approximate surface area is 252 Å². The van der Waals surface area contributed by atoms with Gasteiger partial charge in [-0.25, -0.2) is 33.5 Å². The number of nitrogens with two attached hydrogens (primary N) is 1. The molecule has 1 aromatic carbocycles. The lowest BCUT2D eigenvalue weighted by molar-refractivity contribution is -0.159. The Morgan fingerprint density at radius 1 is 1.05 bits per heavy atom. The van der Waals surface area contributed by atoms with Crippen LogP contribution in [-0.4, -0.2) is 85.4 Å². The number of aryl methyl sites for hydroxylation is 1. The molecule has 2 aromatic rings. The summed E-state index contributed by atoms with van der Waals surface area (Å²) in [4.78, 5) is 68.4. The first-order valence-corrected chi connectivity index (χ1v) is 13.1. The van der Waals surface area contributed by atoms with Crippen LogP contribution in [0.5, 0.6) is 5.75 Å².